The third kappa shape index (κ3) is 3.46. The standard InChI is InChI=1S/C23H19N3O4/c1-23(2,30)19-9-8-15(12-25-19)14-5-3-6-16(11-14)26-13-18(22(28)29)20(27)17-7-4-10-24-21(17)26/h3-13,30H,1-2H3,(H,28,29). The van der Waals surface area contributed by atoms with Crippen LogP contribution in [0.4, 0.5) is 0 Å². The number of aliphatic hydroxyl groups is 1. The molecule has 3 aromatic heterocycles. The van der Waals surface area contributed by atoms with Crippen LogP contribution in [0.5, 0.6) is 0 Å². The normalized spacial score (nSPS) is 11.6. The molecule has 0 unspecified atom stereocenters. The summed E-state index contributed by atoms with van der Waals surface area (Å²) >= 11 is 0. The minimum absolute atomic E-state index is 0.235. The van der Waals surface area contributed by atoms with Gasteiger partial charge in [-0.15, -0.1) is 0 Å². The highest BCUT2D eigenvalue weighted by molar-refractivity contribution is 5.92. The first-order valence-electron chi connectivity index (χ1n) is 9.29. The number of fused-ring (bicyclic) bond motifs is 1. The van der Waals surface area contributed by atoms with Crippen molar-refractivity contribution in [1.82, 2.24) is 14.5 Å². The third-order valence-corrected chi connectivity index (χ3v) is 4.84. The average Bonchev–Trinajstić information content (AvgIpc) is 2.73. The van der Waals surface area contributed by atoms with Gasteiger partial charge in [0.25, 0.3) is 0 Å². The van der Waals surface area contributed by atoms with Crippen molar-refractivity contribution in [2.75, 3.05) is 0 Å². The van der Waals surface area contributed by atoms with Gasteiger partial charge in [0.1, 0.15) is 16.8 Å². The molecule has 0 aliphatic rings. The van der Waals surface area contributed by atoms with E-state index < -0.39 is 17.0 Å². The highest BCUT2D eigenvalue weighted by Gasteiger charge is 2.18. The molecule has 3 heterocycles. The van der Waals surface area contributed by atoms with Crippen molar-refractivity contribution in [2.45, 2.75) is 19.4 Å². The number of carboxylic acid groups (broad SMARTS) is 1. The summed E-state index contributed by atoms with van der Waals surface area (Å²) in [6.07, 6.45) is 4.54. The molecular formula is C23H19N3O4. The summed E-state index contributed by atoms with van der Waals surface area (Å²) in [5.74, 6) is -1.29. The van der Waals surface area contributed by atoms with E-state index in [2.05, 4.69) is 9.97 Å². The second kappa shape index (κ2) is 7.20. The SMILES string of the molecule is CC(C)(O)c1ccc(-c2cccc(-n3cc(C(=O)O)c(=O)c4cccnc43)c2)cn1. The molecule has 0 saturated heterocycles. The van der Waals surface area contributed by atoms with Crippen molar-refractivity contribution in [1.29, 1.82) is 0 Å². The molecule has 0 saturated carbocycles. The molecule has 150 valence electrons. The number of hydrogen-bond acceptors (Lipinski definition) is 5. The molecule has 0 spiro atoms. The Bertz CT molecular complexity index is 1320. The number of hydrogen-bond donors (Lipinski definition) is 2. The lowest BCUT2D eigenvalue weighted by molar-refractivity contribution is 0.0694. The highest BCUT2D eigenvalue weighted by Crippen LogP contribution is 2.25. The largest absolute Gasteiger partial charge is 0.477 e. The van der Waals surface area contributed by atoms with Gasteiger partial charge in [0.05, 0.1) is 11.1 Å². The lowest BCUT2D eigenvalue weighted by atomic mass is 10.0. The summed E-state index contributed by atoms with van der Waals surface area (Å²) in [4.78, 5) is 32.7. The maximum Gasteiger partial charge on any atom is 0.341 e. The Morgan fingerprint density at radius 3 is 2.50 bits per heavy atom. The van der Waals surface area contributed by atoms with E-state index >= 15 is 0 Å². The Morgan fingerprint density at radius 1 is 1.03 bits per heavy atom. The minimum Gasteiger partial charge on any atom is -0.477 e. The van der Waals surface area contributed by atoms with Gasteiger partial charge in [-0.05, 0) is 49.7 Å². The fourth-order valence-electron chi connectivity index (χ4n) is 3.27. The van der Waals surface area contributed by atoms with E-state index in [-0.39, 0.29) is 10.9 Å². The fourth-order valence-corrected chi connectivity index (χ4v) is 3.27. The summed E-state index contributed by atoms with van der Waals surface area (Å²) in [6.45, 7) is 3.34. The summed E-state index contributed by atoms with van der Waals surface area (Å²) < 4.78 is 1.60. The van der Waals surface area contributed by atoms with E-state index in [0.29, 0.717) is 17.0 Å². The molecule has 2 N–H and O–H groups in total. The zero-order valence-corrected chi connectivity index (χ0v) is 16.4. The van der Waals surface area contributed by atoms with Gasteiger partial charge >= 0.3 is 5.97 Å². The van der Waals surface area contributed by atoms with Crippen molar-refractivity contribution in [3.63, 3.8) is 0 Å². The molecule has 0 amide bonds. The van der Waals surface area contributed by atoms with E-state index in [4.69, 9.17) is 0 Å². The van der Waals surface area contributed by atoms with Gasteiger partial charge < -0.3 is 14.8 Å². The van der Waals surface area contributed by atoms with Gasteiger partial charge in [-0.1, -0.05) is 18.2 Å². The Morgan fingerprint density at radius 2 is 1.83 bits per heavy atom. The summed E-state index contributed by atoms with van der Waals surface area (Å²) in [5.41, 5.74) is 1.35. The highest BCUT2D eigenvalue weighted by atomic mass is 16.4. The van der Waals surface area contributed by atoms with E-state index in [1.54, 1.807) is 49.0 Å². The summed E-state index contributed by atoms with van der Waals surface area (Å²) in [6, 6.07) is 14.2. The van der Waals surface area contributed by atoms with Crippen molar-refractivity contribution >= 4 is 17.0 Å². The van der Waals surface area contributed by atoms with Crippen molar-refractivity contribution in [3.05, 3.63) is 88.6 Å². The number of benzene rings is 1. The molecule has 4 rings (SSSR count). The molecule has 4 aromatic rings. The van der Waals surface area contributed by atoms with Crippen LogP contribution in [0.3, 0.4) is 0 Å². The maximum atomic E-state index is 12.5. The summed E-state index contributed by atoms with van der Waals surface area (Å²) in [7, 11) is 0. The Kier molecular flexibility index (Phi) is 4.67. The van der Waals surface area contributed by atoms with Gasteiger partial charge in [0.15, 0.2) is 0 Å². The molecule has 0 atom stereocenters. The predicted octanol–water partition coefficient (Wildman–Crippen LogP) is 3.37. The topological polar surface area (TPSA) is 105 Å². The first kappa shape index (κ1) is 19.5. The van der Waals surface area contributed by atoms with Crippen LogP contribution in [0.25, 0.3) is 27.8 Å². The fraction of sp³-hybridized carbons (Fsp3) is 0.130. The van der Waals surface area contributed by atoms with Crippen LogP contribution in [0.1, 0.15) is 29.9 Å². The molecule has 7 nitrogen and oxygen atoms in total. The first-order chi connectivity index (χ1) is 14.3. The zero-order chi connectivity index (χ0) is 21.5. The van der Waals surface area contributed by atoms with Crippen LogP contribution < -0.4 is 5.43 Å². The Labute approximate surface area is 171 Å². The average molecular weight is 401 g/mol. The van der Waals surface area contributed by atoms with Crippen LogP contribution in [0, 0.1) is 0 Å². The lowest BCUT2D eigenvalue weighted by Gasteiger charge is -2.17. The van der Waals surface area contributed by atoms with Crippen molar-refractivity contribution < 1.29 is 15.0 Å². The second-order valence-corrected chi connectivity index (χ2v) is 7.46. The molecule has 0 radical (unpaired) electrons. The Balaban J connectivity index is 1.87. The zero-order valence-electron chi connectivity index (χ0n) is 16.4. The van der Waals surface area contributed by atoms with Crippen molar-refractivity contribution in [2.24, 2.45) is 0 Å². The third-order valence-electron chi connectivity index (χ3n) is 4.84. The monoisotopic (exact) mass is 401 g/mol. The van der Waals surface area contributed by atoms with Crippen LogP contribution in [-0.2, 0) is 5.60 Å². The second-order valence-electron chi connectivity index (χ2n) is 7.46. The first-order valence-corrected chi connectivity index (χ1v) is 9.29. The molecule has 1 aromatic carbocycles. The summed E-state index contributed by atoms with van der Waals surface area (Å²) in [5, 5.41) is 19.8. The molecule has 30 heavy (non-hydrogen) atoms. The van der Waals surface area contributed by atoms with Crippen LogP contribution in [-0.4, -0.2) is 30.7 Å². The number of pyridine rings is 3. The molecule has 0 aliphatic carbocycles. The van der Waals surface area contributed by atoms with Crippen LogP contribution in [0.2, 0.25) is 0 Å². The van der Waals surface area contributed by atoms with Crippen LogP contribution in [0.15, 0.2) is 71.9 Å². The number of aromatic carboxylic acids is 1. The number of aromatic nitrogens is 3. The molecule has 7 heteroatoms. The van der Waals surface area contributed by atoms with E-state index in [9.17, 15) is 19.8 Å². The lowest BCUT2D eigenvalue weighted by Crippen LogP contribution is -2.19. The predicted molar refractivity (Wildman–Crippen MR) is 113 cm³/mol. The van der Waals surface area contributed by atoms with Crippen LogP contribution >= 0.6 is 0 Å². The molecule has 0 bridgehead atoms. The van der Waals surface area contributed by atoms with Crippen molar-refractivity contribution in [3.8, 4) is 16.8 Å². The number of carbonyl (C=O) groups is 1. The number of rotatable bonds is 4. The van der Waals surface area contributed by atoms with Gasteiger partial charge in [-0.25, -0.2) is 9.78 Å². The van der Waals surface area contributed by atoms with Gasteiger partial charge in [0, 0.05) is 29.8 Å². The van der Waals surface area contributed by atoms with E-state index in [1.807, 2.05) is 30.3 Å². The quantitative estimate of drug-likeness (QED) is 0.543. The molecular weight excluding hydrogens is 382 g/mol. The van der Waals surface area contributed by atoms with E-state index in [0.717, 1.165) is 11.1 Å². The molecule has 0 aliphatic heterocycles. The molecule has 0 fully saturated rings. The van der Waals surface area contributed by atoms with Gasteiger partial charge in [-0.2, -0.15) is 0 Å². The minimum atomic E-state index is -1.29. The maximum absolute atomic E-state index is 12.5. The Hall–Kier alpha value is -3.84. The number of nitrogens with zero attached hydrogens (tertiary/aromatic N) is 3. The smallest absolute Gasteiger partial charge is 0.341 e. The number of carboxylic acids is 1. The van der Waals surface area contributed by atoms with E-state index in [1.165, 1.54) is 6.20 Å². The van der Waals surface area contributed by atoms with Gasteiger partial charge in [0.2, 0.25) is 5.43 Å². The van der Waals surface area contributed by atoms with Gasteiger partial charge in [-0.3, -0.25) is 9.78 Å².